The number of benzene rings is 2. The summed E-state index contributed by atoms with van der Waals surface area (Å²) < 4.78 is 6.23. The van der Waals surface area contributed by atoms with Gasteiger partial charge in [0.2, 0.25) is 5.82 Å². The second-order valence-corrected chi connectivity index (χ2v) is 6.20. The first-order valence-electron chi connectivity index (χ1n) is 8.67. The van der Waals surface area contributed by atoms with Gasteiger partial charge in [-0.3, -0.25) is 0 Å². The van der Waals surface area contributed by atoms with Crippen LogP contribution < -0.4 is 0 Å². The third-order valence-electron chi connectivity index (χ3n) is 4.47. The molecule has 0 amide bonds. The lowest BCUT2D eigenvalue weighted by atomic mass is 9.97. The number of aromatic nitrogens is 4. The molecule has 0 saturated carbocycles. The van der Waals surface area contributed by atoms with Gasteiger partial charge in [-0.15, -0.1) is 0 Å². The topological polar surface area (TPSA) is 73.2 Å². The van der Waals surface area contributed by atoms with Gasteiger partial charge in [0.05, 0.1) is 6.20 Å². The van der Waals surface area contributed by atoms with Gasteiger partial charge in [0.25, 0.3) is 5.90 Å². The van der Waals surface area contributed by atoms with E-state index in [0.717, 1.165) is 11.1 Å². The highest BCUT2D eigenvalue weighted by Gasteiger charge is 2.35. The van der Waals surface area contributed by atoms with E-state index in [0.29, 0.717) is 22.9 Å². The zero-order valence-electron chi connectivity index (χ0n) is 14.3. The van der Waals surface area contributed by atoms with E-state index in [2.05, 4.69) is 32.1 Å². The molecular formula is C21H15N5O. The summed E-state index contributed by atoms with van der Waals surface area (Å²) in [5.74, 6) is 0.840. The molecular weight excluding hydrogens is 338 g/mol. The Morgan fingerprint density at radius 2 is 1.44 bits per heavy atom. The lowest BCUT2D eigenvalue weighted by Gasteiger charge is -2.18. The van der Waals surface area contributed by atoms with Crippen molar-refractivity contribution in [2.45, 2.75) is 12.1 Å². The second kappa shape index (κ2) is 6.57. The fourth-order valence-electron chi connectivity index (χ4n) is 3.19. The maximum atomic E-state index is 6.23. The van der Waals surface area contributed by atoms with E-state index in [1.54, 1.807) is 18.6 Å². The van der Waals surface area contributed by atoms with E-state index in [9.17, 15) is 0 Å². The highest BCUT2D eigenvalue weighted by atomic mass is 16.5. The molecule has 4 aromatic rings. The van der Waals surface area contributed by atoms with Crippen LogP contribution in [-0.4, -0.2) is 25.8 Å². The molecule has 0 aliphatic carbocycles. The van der Waals surface area contributed by atoms with Crippen LogP contribution in [0.1, 0.15) is 29.1 Å². The number of fused-ring (bicyclic) bond motifs is 1. The summed E-state index contributed by atoms with van der Waals surface area (Å²) in [6.45, 7) is 0. The van der Waals surface area contributed by atoms with Crippen LogP contribution in [0.2, 0.25) is 0 Å². The molecule has 2 atom stereocenters. The van der Waals surface area contributed by atoms with Crippen molar-refractivity contribution < 1.29 is 4.74 Å². The summed E-state index contributed by atoms with van der Waals surface area (Å²) >= 11 is 0. The Kier molecular flexibility index (Phi) is 3.79. The summed E-state index contributed by atoms with van der Waals surface area (Å²) in [4.78, 5) is 22.1. The molecule has 5 rings (SSSR count). The average molecular weight is 353 g/mol. The lowest BCUT2D eigenvalue weighted by molar-refractivity contribution is 0.196. The maximum Gasteiger partial charge on any atom is 0.256 e. The van der Waals surface area contributed by atoms with Gasteiger partial charge in [0, 0.05) is 12.4 Å². The molecule has 130 valence electrons. The van der Waals surface area contributed by atoms with Crippen LogP contribution >= 0.6 is 0 Å². The van der Waals surface area contributed by atoms with Crippen molar-refractivity contribution in [1.82, 2.24) is 19.9 Å². The predicted octanol–water partition coefficient (Wildman–Crippen LogP) is 3.68. The quantitative estimate of drug-likeness (QED) is 0.562. The molecule has 27 heavy (non-hydrogen) atoms. The number of ether oxygens (including phenoxy) is 1. The molecule has 2 unspecified atom stereocenters. The minimum atomic E-state index is -0.232. The van der Waals surface area contributed by atoms with E-state index >= 15 is 0 Å². The number of nitrogens with zero attached hydrogens (tertiary/aromatic N) is 5. The van der Waals surface area contributed by atoms with Crippen molar-refractivity contribution >= 4 is 17.1 Å². The van der Waals surface area contributed by atoms with Crippen LogP contribution in [-0.2, 0) is 4.74 Å². The molecule has 0 fully saturated rings. The zero-order chi connectivity index (χ0) is 18.1. The number of hydrogen-bond acceptors (Lipinski definition) is 6. The van der Waals surface area contributed by atoms with Gasteiger partial charge in [0.15, 0.2) is 11.8 Å². The van der Waals surface area contributed by atoms with E-state index in [1.165, 1.54) is 0 Å². The monoisotopic (exact) mass is 353 g/mol. The van der Waals surface area contributed by atoms with Gasteiger partial charge in [-0.05, 0) is 11.1 Å². The average Bonchev–Trinajstić information content (AvgIpc) is 3.20. The molecule has 6 nitrogen and oxygen atoms in total. The van der Waals surface area contributed by atoms with Crippen molar-refractivity contribution in [2.75, 3.05) is 0 Å². The Labute approximate surface area is 155 Å². The van der Waals surface area contributed by atoms with Crippen molar-refractivity contribution in [1.29, 1.82) is 0 Å². The molecule has 0 saturated heterocycles. The molecule has 3 heterocycles. The Bertz CT molecular complexity index is 1110. The fraction of sp³-hybridized carbons (Fsp3) is 0.0952. The Balaban J connectivity index is 1.58. The highest BCUT2D eigenvalue weighted by molar-refractivity contribution is 5.93. The minimum absolute atomic E-state index is 0.162. The van der Waals surface area contributed by atoms with Crippen LogP contribution in [0.3, 0.4) is 0 Å². The molecule has 2 aromatic carbocycles. The van der Waals surface area contributed by atoms with Gasteiger partial charge < -0.3 is 4.74 Å². The standard InChI is InChI=1S/C21H15N5O/c1-3-7-14(8-4-1)17-18(15-9-5-2-6-10-15)27-21(25-17)20-24-13-16-19(26-20)23-12-11-22-16/h1-13,17-18H. The SMILES string of the molecule is c1ccc(C2N=C(c3ncc4nccnc4n3)OC2c2ccccc2)cc1. The Morgan fingerprint density at radius 1 is 0.741 bits per heavy atom. The van der Waals surface area contributed by atoms with Crippen molar-refractivity contribution in [2.24, 2.45) is 4.99 Å². The third-order valence-corrected chi connectivity index (χ3v) is 4.47. The van der Waals surface area contributed by atoms with Crippen LogP contribution in [0.5, 0.6) is 0 Å². The lowest BCUT2D eigenvalue weighted by Crippen LogP contribution is -2.11. The largest absolute Gasteiger partial charge is 0.464 e. The fourth-order valence-corrected chi connectivity index (χ4v) is 3.19. The molecule has 0 bridgehead atoms. The molecule has 1 aliphatic rings. The zero-order valence-corrected chi connectivity index (χ0v) is 14.3. The number of rotatable bonds is 3. The van der Waals surface area contributed by atoms with Crippen LogP contribution in [0.4, 0.5) is 0 Å². The van der Waals surface area contributed by atoms with Crippen molar-refractivity contribution in [3.8, 4) is 0 Å². The summed E-state index contributed by atoms with van der Waals surface area (Å²) in [6.07, 6.45) is 4.64. The van der Waals surface area contributed by atoms with E-state index in [4.69, 9.17) is 9.73 Å². The summed E-state index contributed by atoms with van der Waals surface area (Å²) in [7, 11) is 0. The van der Waals surface area contributed by atoms with Crippen LogP contribution in [0.15, 0.2) is 84.2 Å². The number of aliphatic imine (C=N–C) groups is 1. The third kappa shape index (κ3) is 2.91. The summed E-state index contributed by atoms with van der Waals surface area (Å²) in [6, 6.07) is 20.0. The normalized spacial score (nSPS) is 18.9. The van der Waals surface area contributed by atoms with Crippen molar-refractivity contribution in [3.05, 3.63) is 96.2 Å². The second-order valence-electron chi connectivity index (χ2n) is 6.20. The van der Waals surface area contributed by atoms with Crippen molar-refractivity contribution in [3.63, 3.8) is 0 Å². The molecule has 6 heteroatoms. The first kappa shape index (κ1) is 15.6. The van der Waals surface area contributed by atoms with Gasteiger partial charge in [-0.2, -0.15) is 0 Å². The molecule has 0 N–H and O–H groups in total. The van der Waals surface area contributed by atoms with Gasteiger partial charge in [-0.1, -0.05) is 60.7 Å². The molecule has 0 radical (unpaired) electrons. The molecule has 0 spiro atoms. The van der Waals surface area contributed by atoms with Crippen LogP contribution in [0.25, 0.3) is 11.2 Å². The Hall–Kier alpha value is -3.67. The summed E-state index contributed by atoms with van der Waals surface area (Å²) in [5.41, 5.74) is 3.31. The van der Waals surface area contributed by atoms with E-state index < -0.39 is 0 Å². The van der Waals surface area contributed by atoms with E-state index in [1.807, 2.05) is 48.5 Å². The van der Waals surface area contributed by atoms with Crippen LogP contribution in [0, 0.1) is 0 Å². The first-order chi connectivity index (χ1) is 13.4. The highest BCUT2D eigenvalue weighted by Crippen LogP contribution is 2.40. The maximum absolute atomic E-state index is 6.23. The molecule has 2 aromatic heterocycles. The van der Waals surface area contributed by atoms with Gasteiger partial charge in [0.1, 0.15) is 11.6 Å². The smallest absolute Gasteiger partial charge is 0.256 e. The van der Waals surface area contributed by atoms with Gasteiger partial charge >= 0.3 is 0 Å². The number of hydrogen-bond donors (Lipinski definition) is 0. The summed E-state index contributed by atoms with van der Waals surface area (Å²) in [5, 5.41) is 0. The van der Waals surface area contributed by atoms with E-state index in [-0.39, 0.29) is 12.1 Å². The molecule has 1 aliphatic heterocycles. The predicted molar refractivity (Wildman–Crippen MR) is 101 cm³/mol. The van der Waals surface area contributed by atoms with Gasteiger partial charge in [-0.25, -0.2) is 24.9 Å². The first-order valence-corrected chi connectivity index (χ1v) is 8.67. The Morgan fingerprint density at radius 3 is 2.22 bits per heavy atom. The minimum Gasteiger partial charge on any atom is -0.464 e.